The van der Waals surface area contributed by atoms with E-state index in [1.165, 1.54) is 24.3 Å². The molecule has 0 atom stereocenters. The van der Waals surface area contributed by atoms with Gasteiger partial charge in [0.05, 0.1) is 11.3 Å². The predicted molar refractivity (Wildman–Crippen MR) is 94.7 cm³/mol. The number of hydrogen-bond acceptors (Lipinski definition) is 5. The van der Waals surface area contributed by atoms with Gasteiger partial charge in [0.15, 0.2) is 6.61 Å². The van der Waals surface area contributed by atoms with Crippen molar-refractivity contribution in [2.75, 3.05) is 6.61 Å². The Morgan fingerprint density at radius 1 is 1.22 bits per heavy atom. The number of ether oxygens (including phenoxy) is 1. The van der Waals surface area contributed by atoms with Gasteiger partial charge in [0, 0.05) is 24.4 Å². The van der Waals surface area contributed by atoms with Crippen molar-refractivity contribution in [3.8, 4) is 0 Å². The van der Waals surface area contributed by atoms with Crippen molar-refractivity contribution in [1.29, 1.82) is 0 Å². The maximum atomic E-state index is 13.4. The summed E-state index contributed by atoms with van der Waals surface area (Å²) in [5.74, 6) is -3.04. The van der Waals surface area contributed by atoms with Crippen LogP contribution in [0.1, 0.15) is 27.3 Å². The van der Waals surface area contributed by atoms with Gasteiger partial charge < -0.3 is 4.74 Å². The molecule has 2 amide bonds. The first-order valence-corrected chi connectivity index (χ1v) is 7.98. The highest BCUT2D eigenvalue weighted by Gasteiger charge is 2.12. The van der Waals surface area contributed by atoms with E-state index in [2.05, 4.69) is 5.10 Å². The number of benzene rings is 1. The quantitative estimate of drug-likeness (QED) is 0.465. The SMILES string of the molecule is Cc1nn(C)c(C)c1/C=C/C(=O)OCC(=O)NNC(=O)c1ccccc1F. The first-order chi connectivity index (χ1) is 12.8. The molecule has 9 heteroatoms. The fourth-order valence-electron chi connectivity index (χ4n) is 2.24. The maximum Gasteiger partial charge on any atom is 0.331 e. The van der Waals surface area contributed by atoms with E-state index in [9.17, 15) is 18.8 Å². The Morgan fingerprint density at radius 2 is 1.93 bits per heavy atom. The highest BCUT2D eigenvalue weighted by atomic mass is 19.1. The van der Waals surface area contributed by atoms with Crippen LogP contribution >= 0.6 is 0 Å². The number of aryl methyl sites for hydroxylation is 2. The minimum absolute atomic E-state index is 0.222. The third-order valence-electron chi connectivity index (χ3n) is 3.73. The Kier molecular flexibility index (Phi) is 6.42. The Bertz CT molecular complexity index is 905. The van der Waals surface area contributed by atoms with Gasteiger partial charge in [0.1, 0.15) is 5.82 Å². The Balaban J connectivity index is 1.80. The van der Waals surface area contributed by atoms with Crippen LogP contribution in [0.2, 0.25) is 0 Å². The molecule has 0 spiro atoms. The molecule has 0 radical (unpaired) electrons. The van der Waals surface area contributed by atoms with Crippen molar-refractivity contribution in [3.05, 3.63) is 58.7 Å². The van der Waals surface area contributed by atoms with Crippen LogP contribution < -0.4 is 10.9 Å². The van der Waals surface area contributed by atoms with Gasteiger partial charge in [-0.1, -0.05) is 12.1 Å². The van der Waals surface area contributed by atoms with E-state index >= 15 is 0 Å². The van der Waals surface area contributed by atoms with E-state index in [0.717, 1.165) is 23.0 Å². The van der Waals surface area contributed by atoms with Crippen LogP contribution in [0.3, 0.4) is 0 Å². The summed E-state index contributed by atoms with van der Waals surface area (Å²) in [6.07, 6.45) is 2.74. The summed E-state index contributed by atoms with van der Waals surface area (Å²) in [7, 11) is 1.79. The average Bonchev–Trinajstić information content (AvgIpc) is 2.88. The van der Waals surface area contributed by atoms with E-state index in [-0.39, 0.29) is 5.56 Å². The van der Waals surface area contributed by atoms with Crippen LogP contribution in [0.5, 0.6) is 0 Å². The Morgan fingerprint density at radius 3 is 2.56 bits per heavy atom. The standard InChI is InChI=1S/C18H19FN4O4/c1-11-13(12(2)23(3)22-11)8-9-17(25)27-10-16(24)20-21-18(26)14-6-4-5-7-15(14)19/h4-9H,10H2,1-3H3,(H,20,24)(H,21,26)/b9-8+. The van der Waals surface area contributed by atoms with Gasteiger partial charge in [-0.15, -0.1) is 0 Å². The van der Waals surface area contributed by atoms with Gasteiger partial charge in [-0.2, -0.15) is 5.10 Å². The third-order valence-corrected chi connectivity index (χ3v) is 3.73. The molecule has 27 heavy (non-hydrogen) atoms. The minimum Gasteiger partial charge on any atom is -0.452 e. The number of nitrogens with zero attached hydrogens (tertiary/aromatic N) is 2. The van der Waals surface area contributed by atoms with Crippen molar-refractivity contribution in [3.63, 3.8) is 0 Å². The number of esters is 1. The van der Waals surface area contributed by atoms with Gasteiger partial charge in [0.2, 0.25) is 0 Å². The number of rotatable bonds is 5. The van der Waals surface area contributed by atoms with Gasteiger partial charge in [-0.25, -0.2) is 9.18 Å². The van der Waals surface area contributed by atoms with Crippen LogP contribution in [-0.4, -0.2) is 34.2 Å². The second-order valence-electron chi connectivity index (χ2n) is 5.63. The van der Waals surface area contributed by atoms with Crippen LogP contribution in [0, 0.1) is 19.7 Å². The molecule has 0 aliphatic heterocycles. The van der Waals surface area contributed by atoms with Crippen molar-refractivity contribution >= 4 is 23.9 Å². The van der Waals surface area contributed by atoms with Crippen LogP contribution in [0.15, 0.2) is 30.3 Å². The highest BCUT2D eigenvalue weighted by molar-refractivity contribution is 5.96. The van der Waals surface area contributed by atoms with Crippen LogP contribution in [0.25, 0.3) is 6.08 Å². The van der Waals surface area contributed by atoms with E-state index < -0.39 is 30.2 Å². The largest absolute Gasteiger partial charge is 0.452 e. The molecule has 0 aliphatic rings. The van der Waals surface area contributed by atoms with Crippen LogP contribution in [-0.2, 0) is 21.4 Å². The molecule has 142 valence electrons. The summed E-state index contributed by atoms with van der Waals surface area (Å²) in [6.45, 7) is 3.06. The lowest BCUT2D eigenvalue weighted by molar-refractivity contribution is -0.144. The van der Waals surface area contributed by atoms with E-state index in [4.69, 9.17) is 4.74 Å². The average molecular weight is 374 g/mol. The third kappa shape index (κ3) is 5.24. The predicted octanol–water partition coefficient (Wildman–Crippen LogP) is 1.19. The minimum atomic E-state index is -0.824. The topological polar surface area (TPSA) is 102 Å². The Hall–Kier alpha value is -3.49. The summed E-state index contributed by atoms with van der Waals surface area (Å²) in [6, 6.07) is 5.31. The van der Waals surface area contributed by atoms with Gasteiger partial charge in [-0.05, 0) is 32.1 Å². The molecule has 1 aromatic heterocycles. The van der Waals surface area contributed by atoms with Crippen LogP contribution in [0.4, 0.5) is 4.39 Å². The lowest BCUT2D eigenvalue weighted by atomic mass is 10.2. The number of hydrazine groups is 1. The molecule has 2 aromatic rings. The lowest BCUT2D eigenvalue weighted by Crippen LogP contribution is -2.43. The number of hydrogen-bond donors (Lipinski definition) is 2. The van der Waals surface area contributed by atoms with E-state index in [1.807, 2.05) is 24.7 Å². The fraction of sp³-hybridized carbons (Fsp3) is 0.222. The van der Waals surface area contributed by atoms with Crippen molar-refractivity contribution in [2.45, 2.75) is 13.8 Å². The highest BCUT2D eigenvalue weighted by Crippen LogP contribution is 2.13. The maximum absolute atomic E-state index is 13.4. The van der Waals surface area contributed by atoms with Gasteiger partial charge in [-0.3, -0.25) is 25.1 Å². The second kappa shape index (κ2) is 8.75. The summed E-state index contributed by atoms with van der Waals surface area (Å²) >= 11 is 0. The normalized spacial score (nSPS) is 10.7. The molecule has 8 nitrogen and oxygen atoms in total. The first-order valence-electron chi connectivity index (χ1n) is 7.98. The number of amides is 2. The molecule has 0 fully saturated rings. The number of aromatic nitrogens is 2. The number of carbonyl (C=O) groups is 3. The number of carbonyl (C=O) groups excluding carboxylic acids is 3. The summed E-state index contributed by atoms with van der Waals surface area (Å²) < 4.78 is 19.9. The molecule has 2 rings (SSSR count). The smallest absolute Gasteiger partial charge is 0.331 e. The Labute approximate surface area is 155 Å². The zero-order valence-corrected chi connectivity index (χ0v) is 15.1. The summed E-state index contributed by atoms with van der Waals surface area (Å²) in [4.78, 5) is 35.1. The molecule has 0 aliphatic carbocycles. The second-order valence-corrected chi connectivity index (χ2v) is 5.63. The van der Waals surface area contributed by atoms with Crippen molar-refractivity contribution in [2.24, 2.45) is 7.05 Å². The first kappa shape index (κ1) is 19.8. The van der Waals surface area contributed by atoms with E-state index in [0.29, 0.717) is 0 Å². The van der Waals surface area contributed by atoms with Gasteiger partial charge >= 0.3 is 5.97 Å². The molecular weight excluding hydrogens is 355 g/mol. The molecule has 0 saturated heterocycles. The number of nitrogens with one attached hydrogen (secondary N) is 2. The molecule has 1 heterocycles. The van der Waals surface area contributed by atoms with E-state index in [1.54, 1.807) is 17.8 Å². The lowest BCUT2D eigenvalue weighted by Gasteiger charge is -2.07. The zero-order chi connectivity index (χ0) is 20.0. The fourth-order valence-corrected chi connectivity index (χ4v) is 2.24. The van der Waals surface area contributed by atoms with Crippen molar-refractivity contribution < 1.29 is 23.5 Å². The van der Waals surface area contributed by atoms with Crippen molar-refractivity contribution in [1.82, 2.24) is 20.6 Å². The molecule has 1 aromatic carbocycles. The number of halogens is 1. The monoisotopic (exact) mass is 374 g/mol. The molecule has 2 N–H and O–H groups in total. The zero-order valence-electron chi connectivity index (χ0n) is 15.1. The van der Waals surface area contributed by atoms with Gasteiger partial charge in [0.25, 0.3) is 11.8 Å². The molecular formula is C18H19FN4O4. The summed E-state index contributed by atoms with van der Waals surface area (Å²) in [5.41, 5.74) is 6.28. The summed E-state index contributed by atoms with van der Waals surface area (Å²) in [5, 5.41) is 4.22. The molecule has 0 saturated carbocycles. The molecule has 0 unspecified atom stereocenters. The molecule has 0 bridgehead atoms.